The molecule has 4 nitrogen and oxygen atoms in total. The molecule has 0 bridgehead atoms. The summed E-state index contributed by atoms with van der Waals surface area (Å²) in [6.07, 6.45) is 0. The Morgan fingerprint density at radius 3 is 2.17 bits per heavy atom. The highest BCUT2D eigenvalue weighted by atomic mass is 16.5. The van der Waals surface area contributed by atoms with Gasteiger partial charge in [0, 0.05) is 5.56 Å². The summed E-state index contributed by atoms with van der Waals surface area (Å²) < 4.78 is 4.72. The molecule has 0 atom stereocenters. The molecule has 0 fully saturated rings. The highest BCUT2D eigenvalue weighted by Gasteiger charge is 2.07. The van der Waals surface area contributed by atoms with E-state index in [1.165, 1.54) is 7.11 Å². The molecular weight excluding hydrogens is 300 g/mol. The van der Waals surface area contributed by atoms with Crippen LogP contribution in [0.3, 0.4) is 0 Å². The summed E-state index contributed by atoms with van der Waals surface area (Å²) in [6, 6.07) is 24.6. The van der Waals surface area contributed by atoms with Gasteiger partial charge < -0.3 is 4.74 Å². The minimum Gasteiger partial charge on any atom is -0.465 e. The molecule has 4 heteroatoms. The van der Waals surface area contributed by atoms with E-state index < -0.39 is 0 Å². The average Bonchev–Trinajstić information content (AvgIpc) is 2.67. The van der Waals surface area contributed by atoms with Crippen LogP contribution in [-0.4, -0.2) is 13.1 Å². The van der Waals surface area contributed by atoms with E-state index in [9.17, 15) is 4.79 Å². The smallest absolute Gasteiger partial charge is 0.337 e. The van der Waals surface area contributed by atoms with Crippen molar-refractivity contribution in [3.05, 3.63) is 84.4 Å². The molecule has 0 aromatic heterocycles. The number of carbonyl (C=O) groups is 1. The van der Waals surface area contributed by atoms with Crippen molar-refractivity contribution in [1.82, 2.24) is 0 Å². The Bertz CT molecular complexity index is 856. The molecule has 3 aromatic carbocycles. The van der Waals surface area contributed by atoms with Gasteiger partial charge in [0.2, 0.25) is 0 Å². The average molecular weight is 316 g/mol. The van der Waals surface area contributed by atoms with E-state index in [1.54, 1.807) is 12.1 Å². The minimum absolute atomic E-state index is 0.349. The number of rotatable bonds is 4. The molecular formula is C20H16N2O2. The van der Waals surface area contributed by atoms with Crippen molar-refractivity contribution in [2.24, 2.45) is 10.2 Å². The van der Waals surface area contributed by atoms with E-state index in [1.807, 2.05) is 66.7 Å². The number of carbonyl (C=O) groups excluding carboxylic acids is 1. The van der Waals surface area contributed by atoms with Crippen LogP contribution in [-0.2, 0) is 4.74 Å². The molecule has 0 saturated carbocycles. The number of esters is 1. The van der Waals surface area contributed by atoms with Crippen LogP contribution in [0.2, 0.25) is 0 Å². The van der Waals surface area contributed by atoms with Gasteiger partial charge in [-0.25, -0.2) is 4.79 Å². The highest BCUT2D eigenvalue weighted by molar-refractivity contribution is 5.90. The van der Waals surface area contributed by atoms with Crippen LogP contribution in [0.25, 0.3) is 11.1 Å². The van der Waals surface area contributed by atoms with Gasteiger partial charge in [-0.15, -0.1) is 5.11 Å². The Morgan fingerprint density at radius 2 is 1.46 bits per heavy atom. The molecule has 3 rings (SSSR count). The van der Waals surface area contributed by atoms with E-state index >= 15 is 0 Å². The van der Waals surface area contributed by atoms with Gasteiger partial charge in [-0.1, -0.05) is 48.5 Å². The third-order valence-electron chi connectivity index (χ3n) is 3.55. The van der Waals surface area contributed by atoms with Crippen molar-refractivity contribution < 1.29 is 9.53 Å². The maximum atomic E-state index is 11.5. The zero-order chi connectivity index (χ0) is 16.8. The highest BCUT2D eigenvalue weighted by Crippen LogP contribution is 2.31. The maximum Gasteiger partial charge on any atom is 0.337 e. The van der Waals surface area contributed by atoms with Crippen LogP contribution in [0.5, 0.6) is 0 Å². The number of hydrogen-bond donors (Lipinski definition) is 0. The number of azo groups is 1. The van der Waals surface area contributed by atoms with Crippen molar-refractivity contribution in [1.29, 1.82) is 0 Å². The summed E-state index contributed by atoms with van der Waals surface area (Å²) in [7, 11) is 1.37. The Kier molecular flexibility index (Phi) is 4.77. The molecule has 118 valence electrons. The summed E-state index contributed by atoms with van der Waals surface area (Å²) in [5, 5.41) is 8.63. The molecule has 0 aliphatic heterocycles. The van der Waals surface area contributed by atoms with Crippen LogP contribution >= 0.6 is 0 Å². The van der Waals surface area contributed by atoms with Crippen LogP contribution in [0, 0.1) is 0 Å². The van der Waals surface area contributed by atoms with Gasteiger partial charge in [0.25, 0.3) is 0 Å². The Hall–Kier alpha value is -3.27. The standard InChI is InChI=1S/C20H16N2O2/c1-24-20(23)16-13-11-15(12-14-16)18-9-5-6-10-19(18)22-21-17-7-3-2-4-8-17/h2-14H,1H3/b22-21+. The van der Waals surface area contributed by atoms with Crippen molar-refractivity contribution in [3.63, 3.8) is 0 Å². The lowest BCUT2D eigenvalue weighted by Gasteiger charge is -2.06. The normalized spacial score (nSPS) is 10.7. The topological polar surface area (TPSA) is 51.0 Å². The van der Waals surface area contributed by atoms with Gasteiger partial charge in [0.15, 0.2) is 0 Å². The Labute approximate surface area is 140 Å². The molecule has 0 aliphatic carbocycles. The molecule has 0 spiro atoms. The van der Waals surface area contributed by atoms with E-state index in [0.29, 0.717) is 5.56 Å². The SMILES string of the molecule is COC(=O)c1ccc(-c2ccccc2/N=N/c2ccccc2)cc1. The van der Waals surface area contributed by atoms with Gasteiger partial charge in [-0.05, 0) is 35.9 Å². The largest absolute Gasteiger partial charge is 0.465 e. The van der Waals surface area contributed by atoms with Crippen molar-refractivity contribution in [2.45, 2.75) is 0 Å². The molecule has 0 amide bonds. The van der Waals surface area contributed by atoms with Crippen LogP contribution in [0.4, 0.5) is 11.4 Å². The van der Waals surface area contributed by atoms with Crippen molar-refractivity contribution >= 4 is 17.3 Å². The lowest BCUT2D eigenvalue weighted by Crippen LogP contribution is -2.00. The second-order valence-electron chi connectivity index (χ2n) is 5.12. The van der Waals surface area contributed by atoms with Crippen LogP contribution < -0.4 is 0 Å². The zero-order valence-electron chi connectivity index (χ0n) is 13.2. The monoisotopic (exact) mass is 316 g/mol. The lowest BCUT2D eigenvalue weighted by molar-refractivity contribution is 0.0601. The lowest BCUT2D eigenvalue weighted by atomic mass is 10.0. The number of nitrogens with zero attached hydrogens (tertiary/aromatic N) is 2. The predicted octanol–water partition coefficient (Wildman–Crippen LogP) is 5.56. The third-order valence-corrected chi connectivity index (χ3v) is 3.55. The quantitative estimate of drug-likeness (QED) is 0.467. The van der Waals surface area contributed by atoms with Gasteiger partial charge in [0.1, 0.15) is 0 Å². The van der Waals surface area contributed by atoms with Crippen LogP contribution in [0.15, 0.2) is 89.1 Å². The first-order valence-electron chi connectivity index (χ1n) is 7.52. The Morgan fingerprint density at radius 1 is 0.792 bits per heavy atom. The zero-order valence-corrected chi connectivity index (χ0v) is 13.2. The molecule has 0 radical (unpaired) electrons. The number of hydrogen-bond acceptors (Lipinski definition) is 4. The fourth-order valence-corrected chi connectivity index (χ4v) is 2.31. The summed E-state index contributed by atoms with van der Waals surface area (Å²) in [4.78, 5) is 11.5. The molecule has 3 aromatic rings. The summed E-state index contributed by atoms with van der Waals surface area (Å²) in [6.45, 7) is 0. The number of methoxy groups -OCH3 is 1. The van der Waals surface area contributed by atoms with Gasteiger partial charge in [-0.2, -0.15) is 5.11 Å². The van der Waals surface area contributed by atoms with E-state index in [2.05, 4.69) is 10.2 Å². The first kappa shape index (κ1) is 15.6. The van der Waals surface area contributed by atoms with Crippen molar-refractivity contribution in [2.75, 3.05) is 7.11 Å². The molecule has 0 heterocycles. The molecule has 0 N–H and O–H groups in total. The summed E-state index contributed by atoms with van der Waals surface area (Å²) in [5.41, 5.74) is 4.00. The first-order valence-corrected chi connectivity index (χ1v) is 7.52. The second kappa shape index (κ2) is 7.33. The predicted molar refractivity (Wildman–Crippen MR) is 93.8 cm³/mol. The fraction of sp³-hybridized carbons (Fsp3) is 0.0500. The first-order chi connectivity index (χ1) is 11.8. The van der Waals surface area contributed by atoms with E-state index in [0.717, 1.165) is 22.5 Å². The fourth-order valence-electron chi connectivity index (χ4n) is 2.31. The second-order valence-corrected chi connectivity index (χ2v) is 5.12. The number of ether oxygens (including phenoxy) is 1. The Balaban J connectivity index is 1.92. The molecule has 24 heavy (non-hydrogen) atoms. The summed E-state index contributed by atoms with van der Waals surface area (Å²) >= 11 is 0. The van der Waals surface area contributed by atoms with Gasteiger partial charge in [-0.3, -0.25) is 0 Å². The van der Waals surface area contributed by atoms with Gasteiger partial charge >= 0.3 is 5.97 Å². The number of benzene rings is 3. The van der Waals surface area contributed by atoms with E-state index in [-0.39, 0.29) is 5.97 Å². The van der Waals surface area contributed by atoms with Crippen molar-refractivity contribution in [3.8, 4) is 11.1 Å². The minimum atomic E-state index is -0.349. The van der Waals surface area contributed by atoms with E-state index in [4.69, 9.17) is 4.74 Å². The maximum absolute atomic E-state index is 11.5. The van der Waals surface area contributed by atoms with Crippen LogP contribution in [0.1, 0.15) is 10.4 Å². The molecule has 0 unspecified atom stereocenters. The molecule has 0 aliphatic rings. The molecule has 0 saturated heterocycles. The summed E-state index contributed by atoms with van der Waals surface area (Å²) in [5.74, 6) is -0.349. The van der Waals surface area contributed by atoms with Gasteiger partial charge in [0.05, 0.1) is 24.0 Å². The third kappa shape index (κ3) is 3.55.